The number of ether oxygens (including phenoxy) is 1. The first-order valence-electron chi connectivity index (χ1n) is 7.55. The van der Waals surface area contributed by atoms with Gasteiger partial charge in [0.15, 0.2) is 5.90 Å². The van der Waals surface area contributed by atoms with Gasteiger partial charge in [-0.2, -0.15) is 0 Å². The quantitative estimate of drug-likeness (QED) is 0.540. The highest BCUT2D eigenvalue weighted by atomic mass is 16.5. The van der Waals surface area contributed by atoms with Crippen LogP contribution < -0.4 is 0 Å². The summed E-state index contributed by atoms with van der Waals surface area (Å²) in [5.41, 5.74) is 0. The van der Waals surface area contributed by atoms with Gasteiger partial charge in [-0.05, 0) is 12.8 Å². The number of hydrogen-bond acceptors (Lipinski definition) is 2. The van der Waals surface area contributed by atoms with Gasteiger partial charge in [-0.3, -0.25) is 4.99 Å². The first kappa shape index (κ1) is 14.5. The monoisotopic (exact) mass is 239 g/mol. The third-order valence-corrected chi connectivity index (χ3v) is 3.48. The fraction of sp³-hybridized carbons (Fsp3) is 0.933. The Balaban J connectivity index is 2.33. The molecular formula is C15H29NO. The van der Waals surface area contributed by atoms with E-state index in [0.29, 0.717) is 5.92 Å². The Morgan fingerprint density at radius 1 is 1.06 bits per heavy atom. The third-order valence-electron chi connectivity index (χ3n) is 3.48. The average molecular weight is 239 g/mol. The molecule has 0 N–H and O–H groups in total. The van der Waals surface area contributed by atoms with E-state index in [0.717, 1.165) is 25.5 Å². The third kappa shape index (κ3) is 6.09. The Bertz CT molecular complexity index is 213. The van der Waals surface area contributed by atoms with Crippen LogP contribution in [0.5, 0.6) is 0 Å². The zero-order valence-corrected chi connectivity index (χ0v) is 11.7. The van der Waals surface area contributed by atoms with E-state index < -0.39 is 0 Å². The molecule has 0 aliphatic carbocycles. The molecule has 1 aliphatic rings. The molecule has 0 radical (unpaired) electrons. The van der Waals surface area contributed by atoms with Gasteiger partial charge < -0.3 is 4.74 Å². The predicted molar refractivity (Wildman–Crippen MR) is 74.6 cm³/mol. The van der Waals surface area contributed by atoms with Crippen LogP contribution in [0.15, 0.2) is 4.99 Å². The maximum Gasteiger partial charge on any atom is 0.186 e. The van der Waals surface area contributed by atoms with Crippen molar-refractivity contribution < 1.29 is 4.74 Å². The summed E-state index contributed by atoms with van der Waals surface area (Å²) in [6, 6.07) is 0. The molecule has 0 spiro atoms. The van der Waals surface area contributed by atoms with Gasteiger partial charge in [0.25, 0.3) is 0 Å². The van der Waals surface area contributed by atoms with Gasteiger partial charge in [-0.25, -0.2) is 0 Å². The predicted octanol–water partition coefficient (Wildman–Crippen LogP) is 4.58. The summed E-state index contributed by atoms with van der Waals surface area (Å²) in [6.45, 7) is 6.39. The smallest absolute Gasteiger partial charge is 0.186 e. The second-order valence-corrected chi connectivity index (χ2v) is 5.11. The maximum absolute atomic E-state index is 5.74. The van der Waals surface area contributed by atoms with E-state index in [4.69, 9.17) is 4.74 Å². The van der Waals surface area contributed by atoms with E-state index in [9.17, 15) is 0 Å². The first-order chi connectivity index (χ1) is 8.38. The molecule has 100 valence electrons. The van der Waals surface area contributed by atoms with E-state index >= 15 is 0 Å². The van der Waals surface area contributed by atoms with Crippen molar-refractivity contribution in [2.75, 3.05) is 13.2 Å². The van der Waals surface area contributed by atoms with Gasteiger partial charge in [-0.1, -0.05) is 52.4 Å². The summed E-state index contributed by atoms with van der Waals surface area (Å²) in [7, 11) is 0. The van der Waals surface area contributed by atoms with E-state index in [1.54, 1.807) is 0 Å². The average Bonchev–Trinajstić information content (AvgIpc) is 2.39. The standard InChI is InChI=1S/C15H29NO/c1-3-5-7-8-11-14(10-6-4-2)15-16-12-9-13-17-15/h14H,3-13H2,1-2H3. The summed E-state index contributed by atoms with van der Waals surface area (Å²) < 4.78 is 5.74. The minimum absolute atomic E-state index is 0.604. The summed E-state index contributed by atoms with van der Waals surface area (Å²) >= 11 is 0. The highest BCUT2D eigenvalue weighted by Gasteiger charge is 2.18. The fourth-order valence-electron chi connectivity index (χ4n) is 2.38. The molecule has 1 atom stereocenters. The van der Waals surface area contributed by atoms with Crippen LogP contribution in [0.4, 0.5) is 0 Å². The van der Waals surface area contributed by atoms with Crippen LogP contribution in [0.25, 0.3) is 0 Å². The second kappa shape index (κ2) is 9.49. The zero-order chi connectivity index (χ0) is 12.3. The van der Waals surface area contributed by atoms with E-state index in [-0.39, 0.29) is 0 Å². The molecule has 0 saturated heterocycles. The number of nitrogens with zero attached hydrogens (tertiary/aromatic N) is 1. The van der Waals surface area contributed by atoms with Gasteiger partial charge in [0, 0.05) is 18.9 Å². The zero-order valence-electron chi connectivity index (χ0n) is 11.7. The topological polar surface area (TPSA) is 21.6 Å². The highest BCUT2D eigenvalue weighted by molar-refractivity contribution is 5.79. The van der Waals surface area contributed by atoms with Gasteiger partial charge in [0.05, 0.1) is 6.61 Å². The van der Waals surface area contributed by atoms with E-state index in [2.05, 4.69) is 18.8 Å². The first-order valence-corrected chi connectivity index (χ1v) is 7.55. The minimum Gasteiger partial charge on any atom is -0.481 e. The number of aliphatic imine (C=N–C) groups is 1. The second-order valence-electron chi connectivity index (χ2n) is 5.11. The van der Waals surface area contributed by atoms with Crippen molar-refractivity contribution in [3.63, 3.8) is 0 Å². The molecule has 0 amide bonds. The normalized spacial score (nSPS) is 17.4. The van der Waals surface area contributed by atoms with E-state index in [1.807, 2.05) is 0 Å². The Hall–Kier alpha value is -0.530. The number of hydrogen-bond donors (Lipinski definition) is 0. The van der Waals surface area contributed by atoms with Gasteiger partial charge in [0.2, 0.25) is 0 Å². The lowest BCUT2D eigenvalue weighted by Gasteiger charge is -2.22. The summed E-state index contributed by atoms with van der Waals surface area (Å²) in [6.07, 6.45) is 11.6. The van der Waals surface area contributed by atoms with Crippen LogP contribution in [-0.2, 0) is 4.74 Å². The van der Waals surface area contributed by atoms with Crippen molar-refractivity contribution in [2.24, 2.45) is 10.9 Å². The van der Waals surface area contributed by atoms with Crippen molar-refractivity contribution in [3.05, 3.63) is 0 Å². The van der Waals surface area contributed by atoms with Gasteiger partial charge >= 0.3 is 0 Å². The molecule has 2 nitrogen and oxygen atoms in total. The van der Waals surface area contributed by atoms with Crippen molar-refractivity contribution in [3.8, 4) is 0 Å². The molecule has 0 fully saturated rings. The fourth-order valence-corrected chi connectivity index (χ4v) is 2.38. The molecule has 1 aliphatic heterocycles. The molecule has 0 saturated carbocycles. The Labute approximate surface area is 107 Å². The van der Waals surface area contributed by atoms with Crippen molar-refractivity contribution in [2.45, 2.75) is 71.6 Å². The number of rotatable bonds is 9. The highest BCUT2D eigenvalue weighted by Crippen LogP contribution is 2.21. The van der Waals surface area contributed by atoms with Gasteiger partial charge in [-0.15, -0.1) is 0 Å². The molecular weight excluding hydrogens is 210 g/mol. The van der Waals surface area contributed by atoms with E-state index in [1.165, 1.54) is 51.4 Å². The molecule has 0 aromatic carbocycles. The van der Waals surface area contributed by atoms with Crippen LogP contribution in [0.2, 0.25) is 0 Å². The molecule has 2 heteroatoms. The summed E-state index contributed by atoms with van der Waals surface area (Å²) in [4.78, 5) is 4.58. The molecule has 0 aromatic heterocycles. The molecule has 1 rings (SSSR count). The van der Waals surface area contributed by atoms with Crippen molar-refractivity contribution in [1.29, 1.82) is 0 Å². The molecule has 0 bridgehead atoms. The lowest BCUT2D eigenvalue weighted by molar-refractivity contribution is 0.250. The van der Waals surface area contributed by atoms with Crippen molar-refractivity contribution >= 4 is 5.90 Å². The number of unbranched alkanes of at least 4 members (excludes halogenated alkanes) is 4. The lowest BCUT2D eigenvalue weighted by atomic mass is 9.94. The largest absolute Gasteiger partial charge is 0.481 e. The maximum atomic E-state index is 5.74. The van der Waals surface area contributed by atoms with Gasteiger partial charge in [0.1, 0.15) is 0 Å². The van der Waals surface area contributed by atoms with Crippen LogP contribution in [0.3, 0.4) is 0 Å². The Morgan fingerprint density at radius 3 is 2.47 bits per heavy atom. The Morgan fingerprint density at radius 2 is 1.82 bits per heavy atom. The molecule has 1 unspecified atom stereocenters. The van der Waals surface area contributed by atoms with Crippen LogP contribution in [0.1, 0.15) is 71.6 Å². The van der Waals surface area contributed by atoms with Crippen LogP contribution in [-0.4, -0.2) is 19.0 Å². The molecule has 1 heterocycles. The lowest BCUT2D eigenvalue weighted by Crippen LogP contribution is -2.23. The van der Waals surface area contributed by atoms with Crippen LogP contribution >= 0.6 is 0 Å². The summed E-state index contributed by atoms with van der Waals surface area (Å²) in [5.74, 6) is 1.67. The van der Waals surface area contributed by atoms with Crippen LogP contribution in [0, 0.1) is 5.92 Å². The minimum atomic E-state index is 0.604. The SMILES string of the molecule is CCCCCCC(CCCC)C1=NCCCO1. The Kier molecular flexibility index (Phi) is 8.12. The molecule has 0 aromatic rings. The summed E-state index contributed by atoms with van der Waals surface area (Å²) in [5, 5.41) is 0. The van der Waals surface area contributed by atoms with Crippen molar-refractivity contribution in [1.82, 2.24) is 0 Å². The molecule has 17 heavy (non-hydrogen) atoms.